The van der Waals surface area contributed by atoms with Gasteiger partial charge in [-0.05, 0) is 42.9 Å². The quantitative estimate of drug-likeness (QED) is 0.811. The SMILES string of the molecule is O=c1nc2n(c3cccc(Cl)c13)CC/C2=C\C1CCOCC1. The molecule has 0 amide bonds. The molecule has 0 unspecified atom stereocenters. The zero-order valence-corrected chi connectivity index (χ0v) is 13.0. The number of rotatable bonds is 1. The molecule has 1 aromatic carbocycles. The summed E-state index contributed by atoms with van der Waals surface area (Å²) in [6, 6.07) is 5.58. The van der Waals surface area contributed by atoms with Gasteiger partial charge in [0.05, 0.1) is 15.9 Å². The fourth-order valence-corrected chi connectivity index (χ4v) is 3.67. The topological polar surface area (TPSA) is 44.1 Å². The lowest BCUT2D eigenvalue weighted by Gasteiger charge is -2.19. The number of aryl methyl sites for hydroxylation is 1. The molecule has 0 aliphatic carbocycles. The first-order valence-corrected chi connectivity index (χ1v) is 8.10. The van der Waals surface area contributed by atoms with Crippen LogP contribution in [0.25, 0.3) is 16.5 Å². The highest BCUT2D eigenvalue weighted by atomic mass is 35.5. The highest BCUT2D eigenvalue weighted by Crippen LogP contribution is 2.32. The van der Waals surface area contributed by atoms with Crippen LogP contribution in [0.3, 0.4) is 0 Å². The minimum atomic E-state index is -0.230. The van der Waals surface area contributed by atoms with Crippen LogP contribution >= 0.6 is 11.6 Å². The lowest BCUT2D eigenvalue weighted by molar-refractivity contribution is 0.0786. The van der Waals surface area contributed by atoms with E-state index < -0.39 is 0 Å². The van der Waals surface area contributed by atoms with Crippen LogP contribution < -0.4 is 5.56 Å². The van der Waals surface area contributed by atoms with E-state index >= 15 is 0 Å². The lowest BCUT2D eigenvalue weighted by atomic mass is 9.96. The monoisotopic (exact) mass is 316 g/mol. The third-order valence-corrected chi connectivity index (χ3v) is 4.87. The predicted molar refractivity (Wildman–Crippen MR) is 87.2 cm³/mol. The van der Waals surface area contributed by atoms with Crippen molar-refractivity contribution in [3.63, 3.8) is 0 Å². The van der Waals surface area contributed by atoms with Crippen molar-refractivity contribution in [3.05, 3.63) is 45.5 Å². The molecule has 0 saturated carbocycles. The van der Waals surface area contributed by atoms with Gasteiger partial charge < -0.3 is 9.30 Å². The molecule has 2 aromatic rings. The standard InChI is InChI=1S/C17H17ClN2O2/c18-13-2-1-3-14-15(13)17(21)19-16-12(4-7-20(14)16)10-11-5-8-22-9-6-11/h1-3,10-11H,4-9H2/b12-10+. The van der Waals surface area contributed by atoms with Crippen molar-refractivity contribution >= 4 is 28.1 Å². The van der Waals surface area contributed by atoms with E-state index in [2.05, 4.69) is 15.6 Å². The Balaban J connectivity index is 1.84. The van der Waals surface area contributed by atoms with Gasteiger partial charge in [-0.15, -0.1) is 0 Å². The van der Waals surface area contributed by atoms with Gasteiger partial charge in [-0.3, -0.25) is 4.79 Å². The number of benzene rings is 1. The van der Waals surface area contributed by atoms with Crippen LogP contribution in [-0.4, -0.2) is 22.8 Å². The molecule has 5 heteroatoms. The van der Waals surface area contributed by atoms with E-state index in [1.807, 2.05) is 12.1 Å². The van der Waals surface area contributed by atoms with Crippen LogP contribution in [0.4, 0.5) is 0 Å². The van der Waals surface area contributed by atoms with Gasteiger partial charge >= 0.3 is 0 Å². The maximum atomic E-state index is 12.3. The van der Waals surface area contributed by atoms with E-state index in [9.17, 15) is 4.79 Å². The van der Waals surface area contributed by atoms with Gasteiger partial charge in [0.1, 0.15) is 5.82 Å². The van der Waals surface area contributed by atoms with Crippen molar-refractivity contribution in [3.8, 4) is 0 Å². The zero-order valence-electron chi connectivity index (χ0n) is 12.2. The number of allylic oxidation sites excluding steroid dienone is 2. The third-order valence-electron chi connectivity index (χ3n) is 4.55. The van der Waals surface area contributed by atoms with Gasteiger partial charge in [-0.25, -0.2) is 0 Å². The first kappa shape index (κ1) is 14.0. The van der Waals surface area contributed by atoms with Gasteiger partial charge in [-0.1, -0.05) is 23.7 Å². The van der Waals surface area contributed by atoms with E-state index in [1.165, 1.54) is 5.57 Å². The number of halogens is 1. The summed E-state index contributed by atoms with van der Waals surface area (Å²) in [7, 11) is 0. The molecule has 0 bridgehead atoms. The number of hydrogen-bond acceptors (Lipinski definition) is 3. The van der Waals surface area contributed by atoms with Crippen molar-refractivity contribution in [1.82, 2.24) is 9.55 Å². The Bertz CT molecular complexity index is 819. The highest BCUT2D eigenvalue weighted by molar-refractivity contribution is 6.35. The summed E-state index contributed by atoms with van der Waals surface area (Å²) in [4.78, 5) is 16.7. The maximum Gasteiger partial charge on any atom is 0.282 e. The van der Waals surface area contributed by atoms with E-state index in [0.29, 0.717) is 16.3 Å². The highest BCUT2D eigenvalue weighted by Gasteiger charge is 2.23. The van der Waals surface area contributed by atoms with E-state index in [1.54, 1.807) is 6.07 Å². The minimum absolute atomic E-state index is 0.230. The molecule has 4 nitrogen and oxygen atoms in total. The zero-order chi connectivity index (χ0) is 15.1. The molecule has 22 heavy (non-hydrogen) atoms. The Morgan fingerprint density at radius 2 is 2.14 bits per heavy atom. The average molecular weight is 317 g/mol. The van der Waals surface area contributed by atoms with E-state index in [0.717, 1.165) is 50.4 Å². The van der Waals surface area contributed by atoms with Gasteiger partial charge in [0.25, 0.3) is 5.56 Å². The molecule has 4 rings (SSSR count). The number of fused-ring (bicyclic) bond motifs is 3. The Kier molecular flexibility index (Phi) is 3.51. The normalized spacial score (nSPS) is 20.7. The Hall–Kier alpha value is -1.65. The van der Waals surface area contributed by atoms with Crippen LogP contribution in [-0.2, 0) is 11.3 Å². The number of ether oxygens (including phenoxy) is 1. The van der Waals surface area contributed by atoms with E-state index in [-0.39, 0.29) is 5.56 Å². The molecule has 0 spiro atoms. The fraction of sp³-hybridized carbons (Fsp3) is 0.412. The van der Waals surface area contributed by atoms with Crippen molar-refractivity contribution in [2.24, 2.45) is 5.92 Å². The molecule has 1 aromatic heterocycles. The first-order valence-electron chi connectivity index (χ1n) is 7.72. The van der Waals surface area contributed by atoms with Gasteiger partial charge in [0, 0.05) is 19.8 Å². The summed E-state index contributed by atoms with van der Waals surface area (Å²) in [6.07, 6.45) is 5.32. The van der Waals surface area contributed by atoms with Crippen LogP contribution in [0, 0.1) is 5.92 Å². The van der Waals surface area contributed by atoms with Crippen molar-refractivity contribution in [1.29, 1.82) is 0 Å². The van der Waals surface area contributed by atoms with Crippen molar-refractivity contribution in [2.75, 3.05) is 13.2 Å². The molecule has 2 aliphatic heterocycles. The predicted octanol–water partition coefficient (Wildman–Crippen LogP) is 3.26. The summed E-state index contributed by atoms with van der Waals surface area (Å²) in [5, 5.41) is 1.01. The Morgan fingerprint density at radius 1 is 1.32 bits per heavy atom. The Morgan fingerprint density at radius 3 is 2.95 bits per heavy atom. The van der Waals surface area contributed by atoms with Crippen LogP contribution in [0.1, 0.15) is 25.1 Å². The average Bonchev–Trinajstić information content (AvgIpc) is 2.91. The van der Waals surface area contributed by atoms with E-state index in [4.69, 9.17) is 16.3 Å². The number of aromatic nitrogens is 2. The summed E-state index contributed by atoms with van der Waals surface area (Å²) < 4.78 is 7.53. The number of nitrogens with zero attached hydrogens (tertiary/aromatic N) is 2. The second-order valence-electron chi connectivity index (χ2n) is 5.92. The molecular formula is C17H17ClN2O2. The molecule has 114 valence electrons. The van der Waals surface area contributed by atoms with Crippen LogP contribution in [0.15, 0.2) is 29.1 Å². The summed E-state index contributed by atoms with van der Waals surface area (Å²) in [5.74, 6) is 1.34. The molecule has 3 heterocycles. The molecule has 2 aliphatic rings. The second kappa shape index (κ2) is 5.52. The maximum absolute atomic E-state index is 12.3. The molecular weight excluding hydrogens is 300 g/mol. The molecule has 0 atom stereocenters. The lowest BCUT2D eigenvalue weighted by Crippen LogP contribution is -2.16. The molecule has 1 fully saturated rings. The summed E-state index contributed by atoms with van der Waals surface area (Å²) >= 11 is 6.17. The minimum Gasteiger partial charge on any atom is -0.381 e. The van der Waals surface area contributed by atoms with Gasteiger partial charge in [-0.2, -0.15) is 4.98 Å². The number of hydrogen-bond donors (Lipinski definition) is 0. The molecule has 0 radical (unpaired) electrons. The first-order chi connectivity index (χ1) is 10.7. The van der Waals surface area contributed by atoms with Crippen molar-refractivity contribution < 1.29 is 4.74 Å². The van der Waals surface area contributed by atoms with Crippen LogP contribution in [0.5, 0.6) is 0 Å². The Labute approximate surface area is 133 Å². The van der Waals surface area contributed by atoms with Gasteiger partial charge in [0.15, 0.2) is 0 Å². The molecule has 1 saturated heterocycles. The smallest absolute Gasteiger partial charge is 0.282 e. The van der Waals surface area contributed by atoms with Gasteiger partial charge in [0.2, 0.25) is 0 Å². The summed E-state index contributed by atoms with van der Waals surface area (Å²) in [6.45, 7) is 2.50. The largest absolute Gasteiger partial charge is 0.381 e. The third kappa shape index (κ3) is 2.27. The summed E-state index contributed by atoms with van der Waals surface area (Å²) in [5.41, 5.74) is 1.84. The molecule has 0 N–H and O–H groups in total. The van der Waals surface area contributed by atoms with Crippen molar-refractivity contribution in [2.45, 2.75) is 25.8 Å². The van der Waals surface area contributed by atoms with Crippen LogP contribution in [0.2, 0.25) is 5.02 Å². The second-order valence-corrected chi connectivity index (χ2v) is 6.33. The fourth-order valence-electron chi connectivity index (χ4n) is 3.42.